The van der Waals surface area contributed by atoms with Crippen molar-refractivity contribution < 1.29 is 9.50 Å². The fourth-order valence-corrected chi connectivity index (χ4v) is 2.05. The predicted molar refractivity (Wildman–Crippen MR) is 75.8 cm³/mol. The number of benzene rings is 1. The number of halogens is 1. The van der Waals surface area contributed by atoms with Crippen molar-refractivity contribution in [2.75, 3.05) is 6.61 Å². The van der Waals surface area contributed by atoms with Crippen LogP contribution in [0.4, 0.5) is 4.39 Å². The molecule has 0 unspecified atom stereocenters. The fourth-order valence-electron chi connectivity index (χ4n) is 2.05. The highest BCUT2D eigenvalue weighted by molar-refractivity contribution is 5.38. The molecule has 2 rings (SSSR count). The maximum absolute atomic E-state index is 13.6. The maximum Gasteiger partial charge on any atom is 0.138 e. The van der Waals surface area contributed by atoms with Gasteiger partial charge < -0.3 is 9.67 Å². The normalized spacial score (nSPS) is 10.4. The van der Waals surface area contributed by atoms with Crippen LogP contribution < -0.4 is 0 Å². The molecule has 0 saturated heterocycles. The second-order valence-corrected chi connectivity index (χ2v) is 4.84. The number of nitrogens with zero attached hydrogens (tertiary/aromatic N) is 2. The van der Waals surface area contributed by atoms with Gasteiger partial charge in [-0.05, 0) is 17.7 Å². The van der Waals surface area contributed by atoms with Gasteiger partial charge >= 0.3 is 0 Å². The molecule has 0 radical (unpaired) electrons. The highest BCUT2D eigenvalue weighted by atomic mass is 19.1. The van der Waals surface area contributed by atoms with Gasteiger partial charge in [0.25, 0.3) is 0 Å². The summed E-state index contributed by atoms with van der Waals surface area (Å²) in [5, 5.41) is 8.68. The van der Waals surface area contributed by atoms with Crippen LogP contribution in [0.5, 0.6) is 0 Å². The van der Waals surface area contributed by atoms with E-state index in [0.29, 0.717) is 18.0 Å². The number of imidazole rings is 1. The molecule has 20 heavy (non-hydrogen) atoms. The van der Waals surface area contributed by atoms with Crippen molar-refractivity contribution in [1.82, 2.24) is 9.55 Å². The van der Waals surface area contributed by atoms with E-state index in [1.807, 2.05) is 10.8 Å². The highest BCUT2D eigenvalue weighted by Crippen LogP contribution is 2.15. The molecule has 0 saturated carbocycles. The molecule has 3 nitrogen and oxygen atoms in total. The van der Waals surface area contributed by atoms with Gasteiger partial charge in [0.2, 0.25) is 0 Å². The zero-order chi connectivity index (χ0) is 14.5. The monoisotopic (exact) mass is 272 g/mol. The Balaban J connectivity index is 2.28. The van der Waals surface area contributed by atoms with Crippen molar-refractivity contribution in [2.24, 2.45) is 0 Å². The third-order valence-corrected chi connectivity index (χ3v) is 2.95. The third-order valence-electron chi connectivity index (χ3n) is 2.95. The van der Waals surface area contributed by atoms with Crippen LogP contribution in [-0.2, 0) is 6.54 Å². The molecule has 0 fully saturated rings. The van der Waals surface area contributed by atoms with Gasteiger partial charge in [-0.2, -0.15) is 0 Å². The van der Waals surface area contributed by atoms with Gasteiger partial charge in [-0.25, -0.2) is 9.37 Å². The summed E-state index contributed by atoms with van der Waals surface area (Å²) in [6.07, 6.45) is 3.68. The molecule has 0 aliphatic rings. The molecule has 0 aliphatic heterocycles. The van der Waals surface area contributed by atoms with Crippen LogP contribution in [0, 0.1) is 17.7 Å². The zero-order valence-corrected chi connectivity index (χ0v) is 11.6. The molecule has 0 bridgehead atoms. The molecule has 0 spiro atoms. The lowest BCUT2D eigenvalue weighted by atomic mass is 10.1. The minimum absolute atomic E-state index is 0.275. The quantitative estimate of drug-likeness (QED) is 0.872. The Morgan fingerprint density at radius 2 is 2.20 bits per heavy atom. The van der Waals surface area contributed by atoms with E-state index in [1.165, 1.54) is 6.07 Å². The van der Waals surface area contributed by atoms with Gasteiger partial charge in [-0.3, -0.25) is 0 Å². The van der Waals surface area contributed by atoms with Gasteiger partial charge in [0.15, 0.2) is 0 Å². The van der Waals surface area contributed by atoms with Gasteiger partial charge in [-0.15, -0.1) is 0 Å². The van der Waals surface area contributed by atoms with Crippen LogP contribution in [0.15, 0.2) is 30.6 Å². The van der Waals surface area contributed by atoms with Gasteiger partial charge in [0.1, 0.15) is 18.2 Å². The van der Waals surface area contributed by atoms with Crippen molar-refractivity contribution in [3.8, 4) is 11.8 Å². The average molecular weight is 272 g/mol. The Kier molecular flexibility index (Phi) is 4.54. The molecule has 104 valence electrons. The van der Waals surface area contributed by atoms with E-state index in [4.69, 9.17) is 5.11 Å². The highest BCUT2D eigenvalue weighted by Gasteiger charge is 2.08. The van der Waals surface area contributed by atoms with Gasteiger partial charge in [0, 0.05) is 24.9 Å². The largest absolute Gasteiger partial charge is 0.384 e. The number of hydrogen-bond donors (Lipinski definition) is 1. The Hall–Kier alpha value is -2.12. The van der Waals surface area contributed by atoms with Crippen LogP contribution in [-0.4, -0.2) is 21.3 Å². The molecule has 0 atom stereocenters. The summed E-state index contributed by atoms with van der Waals surface area (Å²) in [5.74, 6) is 6.05. The summed E-state index contributed by atoms with van der Waals surface area (Å²) in [6, 6.07) is 4.86. The van der Waals surface area contributed by atoms with Crippen LogP contribution in [0.25, 0.3) is 0 Å². The van der Waals surface area contributed by atoms with Gasteiger partial charge in [0.05, 0.1) is 5.56 Å². The summed E-state index contributed by atoms with van der Waals surface area (Å²) in [5.41, 5.74) is 1.26. The molecule has 1 aromatic carbocycles. The lowest BCUT2D eigenvalue weighted by molar-refractivity contribution is 0.350. The summed E-state index contributed by atoms with van der Waals surface area (Å²) < 4.78 is 15.6. The van der Waals surface area contributed by atoms with Crippen molar-refractivity contribution in [3.05, 3.63) is 53.4 Å². The second kappa shape index (κ2) is 6.36. The molecular formula is C16H17FN2O. The Morgan fingerprint density at radius 1 is 1.40 bits per heavy atom. The van der Waals surface area contributed by atoms with Crippen molar-refractivity contribution >= 4 is 0 Å². The summed E-state index contributed by atoms with van der Waals surface area (Å²) in [4.78, 5) is 4.33. The van der Waals surface area contributed by atoms with Crippen molar-refractivity contribution in [2.45, 2.75) is 26.3 Å². The number of aliphatic hydroxyl groups is 1. The van der Waals surface area contributed by atoms with E-state index in [1.54, 1.807) is 18.3 Å². The van der Waals surface area contributed by atoms with E-state index < -0.39 is 0 Å². The first-order valence-corrected chi connectivity index (χ1v) is 6.51. The lowest BCUT2D eigenvalue weighted by Crippen LogP contribution is -2.06. The maximum atomic E-state index is 13.6. The molecule has 0 amide bonds. The summed E-state index contributed by atoms with van der Waals surface area (Å²) in [6.45, 7) is 4.52. The smallest absolute Gasteiger partial charge is 0.138 e. The Morgan fingerprint density at radius 3 is 2.90 bits per heavy atom. The van der Waals surface area contributed by atoms with Crippen LogP contribution in [0.1, 0.15) is 36.7 Å². The average Bonchev–Trinajstić information content (AvgIpc) is 2.87. The van der Waals surface area contributed by atoms with Crippen LogP contribution in [0.2, 0.25) is 0 Å². The van der Waals surface area contributed by atoms with E-state index >= 15 is 0 Å². The number of aromatic nitrogens is 2. The SMILES string of the molecule is CC(C)c1nccn1Cc1ccc(F)c(C#CCO)c1. The van der Waals surface area contributed by atoms with Crippen molar-refractivity contribution in [1.29, 1.82) is 0 Å². The first kappa shape index (κ1) is 14.3. The van der Waals surface area contributed by atoms with E-state index in [0.717, 1.165) is 11.4 Å². The lowest BCUT2D eigenvalue weighted by Gasteiger charge is -2.10. The fraction of sp³-hybridized carbons (Fsp3) is 0.312. The first-order valence-electron chi connectivity index (χ1n) is 6.51. The molecule has 1 N–H and O–H groups in total. The Labute approximate surface area is 118 Å². The number of aliphatic hydroxyl groups excluding tert-OH is 1. The second-order valence-electron chi connectivity index (χ2n) is 4.84. The minimum atomic E-state index is -0.371. The summed E-state index contributed by atoms with van der Waals surface area (Å²) in [7, 11) is 0. The molecular weight excluding hydrogens is 255 g/mol. The topological polar surface area (TPSA) is 38.0 Å². The third kappa shape index (κ3) is 3.25. The molecule has 4 heteroatoms. The van der Waals surface area contributed by atoms with Crippen molar-refractivity contribution in [3.63, 3.8) is 0 Å². The number of rotatable bonds is 3. The molecule has 0 aliphatic carbocycles. The van der Waals surface area contributed by atoms with E-state index in [2.05, 4.69) is 30.7 Å². The molecule has 1 aromatic heterocycles. The summed E-state index contributed by atoms with van der Waals surface area (Å²) >= 11 is 0. The molecule has 1 heterocycles. The predicted octanol–water partition coefficient (Wildman–Crippen LogP) is 2.54. The van der Waals surface area contributed by atoms with Crippen LogP contribution >= 0.6 is 0 Å². The zero-order valence-electron chi connectivity index (χ0n) is 11.6. The van der Waals surface area contributed by atoms with Gasteiger partial charge in [-0.1, -0.05) is 31.8 Å². The standard InChI is InChI=1S/C16H17FN2O/c1-12(2)16-18-7-8-19(16)11-13-5-6-15(17)14(10-13)4-3-9-20/h5-8,10,12,20H,9,11H2,1-2H3. The minimum Gasteiger partial charge on any atom is -0.384 e. The van der Waals surface area contributed by atoms with E-state index in [9.17, 15) is 4.39 Å². The van der Waals surface area contributed by atoms with E-state index in [-0.39, 0.29) is 12.4 Å². The van der Waals surface area contributed by atoms with Crippen LogP contribution in [0.3, 0.4) is 0 Å². The number of hydrogen-bond acceptors (Lipinski definition) is 2. The first-order chi connectivity index (χ1) is 9.61. The Bertz CT molecular complexity index is 650. The molecule has 2 aromatic rings.